The van der Waals surface area contributed by atoms with Crippen LogP contribution in [0.3, 0.4) is 0 Å². The Balaban J connectivity index is 3.77. The van der Waals surface area contributed by atoms with Crippen LogP contribution in [0.25, 0.3) is 0 Å². The van der Waals surface area contributed by atoms with E-state index in [9.17, 15) is 9.59 Å². The number of carboxylic acids is 1. The average molecular weight is 258 g/mol. The summed E-state index contributed by atoms with van der Waals surface area (Å²) in [6.45, 7) is 7.16. The van der Waals surface area contributed by atoms with Crippen molar-refractivity contribution in [2.75, 3.05) is 13.1 Å². The molecule has 0 aliphatic carbocycles. The van der Waals surface area contributed by atoms with Crippen LogP contribution in [0.5, 0.6) is 0 Å². The molecule has 5 heteroatoms. The van der Waals surface area contributed by atoms with E-state index < -0.39 is 12.0 Å². The van der Waals surface area contributed by atoms with Gasteiger partial charge in [0.2, 0.25) is 5.91 Å². The Labute approximate surface area is 109 Å². The van der Waals surface area contributed by atoms with Crippen molar-refractivity contribution < 1.29 is 14.7 Å². The molecule has 5 nitrogen and oxygen atoms in total. The minimum Gasteiger partial charge on any atom is -0.480 e. The number of aliphatic carboxylic acids is 1. The molecular weight excluding hydrogens is 232 g/mol. The maximum Gasteiger partial charge on any atom is 0.320 e. The van der Waals surface area contributed by atoms with Crippen LogP contribution in [0, 0.1) is 5.92 Å². The molecule has 18 heavy (non-hydrogen) atoms. The van der Waals surface area contributed by atoms with Crippen molar-refractivity contribution in [3.8, 4) is 0 Å². The first-order chi connectivity index (χ1) is 8.47. The second kappa shape index (κ2) is 9.88. The first-order valence-electron chi connectivity index (χ1n) is 6.70. The van der Waals surface area contributed by atoms with E-state index in [4.69, 9.17) is 5.11 Å². The molecule has 0 spiro atoms. The third kappa shape index (κ3) is 8.98. The maximum absolute atomic E-state index is 11.4. The molecule has 0 bridgehead atoms. The van der Waals surface area contributed by atoms with E-state index in [-0.39, 0.29) is 5.91 Å². The lowest BCUT2D eigenvalue weighted by Crippen LogP contribution is -2.39. The number of hydrogen-bond donors (Lipinski definition) is 3. The number of rotatable bonds is 10. The molecule has 0 aromatic carbocycles. The minimum absolute atomic E-state index is 0.0316. The summed E-state index contributed by atoms with van der Waals surface area (Å²) >= 11 is 0. The fourth-order valence-corrected chi connectivity index (χ4v) is 1.49. The lowest BCUT2D eigenvalue weighted by molar-refractivity contribution is -0.139. The summed E-state index contributed by atoms with van der Waals surface area (Å²) in [4.78, 5) is 22.3. The van der Waals surface area contributed by atoms with E-state index in [1.165, 1.54) is 0 Å². The van der Waals surface area contributed by atoms with Crippen LogP contribution in [0.4, 0.5) is 0 Å². The monoisotopic (exact) mass is 258 g/mol. The van der Waals surface area contributed by atoms with Gasteiger partial charge in [0.1, 0.15) is 6.04 Å². The maximum atomic E-state index is 11.4. The predicted molar refractivity (Wildman–Crippen MR) is 71.4 cm³/mol. The second-order valence-corrected chi connectivity index (χ2v) is 4.94. The predicted octanol–water partition coefficient (Wildman–Crippen LogP) is 1.38. The average Bonchev–Trinajstić information content (AvgIpc) is 2.30. The molecule has 0 radical (unpaired) electrons. The molecule has 1 atom stereocenters. The summed E-state index contributed by atoms with van der Waals surface area (Å²) < 4.78 is 0. The lowest BCUT2D eigenvalue weighted by atomic mass is 10.1. The molecule has 0 saturated heterocycles. The molecule has 0 aliphatic rings. The third-order valence-corrected chi connectivity index (χ3v) is 2.59. The first-order valence-corrected chi connectivity index (χ1v) is 6.70. The van der Waals surface area contributed by atoms with Crippen LogP contribution in [0.1, 0.15) is 46.5 Å². The summed E-state index contributed by atoms with van der Waals surface area (Å²) in [5, 5.41) is 14.7. The van der Waals surface area contributed by atoms with Gasteiger partial charge in [-0.25, -0.2) is 0 Å². The topological polar surface area (TPSA) is 78.4 Å². The highest BCUT2D eigenvalue weighted by atomic mass is 16.4. The zero-order valence-corrected chi connectivity index (χ0v) is 11.7. The number of carboxylic acid groups (broad SMARTS) is 1. The van der Waals surface area contributed by atoms with Gasteiger partial charge in [-0.1, -0.05) is 33.6 Å². The number of carbonyl (C=O) groups is 2. The van der Waals surface area contributed by atoms with E-state index in [1.54, 1.807) is 0 Å². The Morgan fingerprint density at radius 3 is 2.44 bits per heavy atom. The van der Waals surface area contributed by atoms with Crippen LogP contribution >= 0.6 is 0 Å². The number of unbranched alkanes of at least 4 members (excludes halogenated alkanes) is 1. The van der Waals surface area contributed by atoms with Gasteiger partial charge in [0.15, 0.2) is 0 Å². The number of hydrogen-bond acceptors (Lipinski definition) is 3. The Bertz CT molecular complexity index is 255. The molecule has 0 saturated carbocycles. The summed E-state index contributed by atoms with van der Waals surface area (Å²) in [6.07, 6.45) is 2.78. The van der Waals surface area contributed by atoms with E-state index in [2.05, 4.69) is 10.6 Å². The van der Waals surface area contributed by atoms with Crippen molar-refractivity contribution in [2.45, 2.75) is 52.5 Å². The molecule has 0 aromatic heterocycles. The molecule has 1 amide bonds. The van der Waals surface area contributed by atoms with Gasteiger partial charge in [-0.2, -0.15) is 0 Å². The van der Waals surface area contributed by atoms with Crippen molar-refractivity contribution in [3.63, 3.8) is 0 Å². The smallest absolute Gasteiger partial charge is 0.320 e. The van der Waals surface area contributed by atoms with E-state index in [0.29, 0.717) is 31.8 Å². The second-order valence-electron chi connectivity index (χ2n) is 4.94. The molecule has 106 valence electrons. The quantitative estimate of drug-likeness (QED) is 0.553. The molecule has 0 heterocycles. The van der Waals surface area contributed by atoms with Crippen molar-refractivity contribution in [2.24, 2.45) is 5.92 Å². The molecule has 0 aliphatic heterocycles. The normalized spacial score (nSPS) is 12.4. The molecule has 3 N–H and O–H groups in total. The van der Waals surface area contributed by atoms with Crippen LogP contribution in [0.15, 0.2) is 0 Å². The fraction of sp³-hybridized carbons (Fsp3) is 0.846. The van der Waals surface area contributed by atoms with Gasteiger partial charge >= 0.3 is 5.97 Å². The standard InChI is InChI=1S/C13H26N2O3/c1-4-5-6-11(13(17)18)14-8-7-12(16)15-9-10(2)3/h10-11,14H,4-9H2,1-3H3,(H,15,16)(H,17,18). The van der Waals surface area contributed by atoms with Gasteiger partial charge < -0.3 is 15.7 Å². The van der Waals surface area contributed by atoms with Crippen molar-refractivity contribution in [3.05, 3.63) is 0 Å². The molecular formula is C13H26N2O3. The Morgan fingerprint density at radius 2 is 1.94 bits per heavy atom. The molecule has 0 aromatic rings. The van der Waals surface area contributed by atoms with Crippen LogP contribution in [-0.4, -0.2) is 36.1 Å². The van der Waals surface area contributed by atoms with E-state index in [0.717, 1.165) is 12.8 Å². The minimum atomic E-state index is -0.842. The Hall–Kier alpha value is -1.10. The van der Waals surface area contributed by atoms with E-state index in [1.807, 2.05) is 20.8 Å². The first kappa shape index (κ1) is 16.9. The summed E-state index contributed by atoms with van der Waals surface area (Å²) in [6, 6.07) is -0.539. The Morgan fingerprint density at radius 1 is 1.28 bits per heavy atom. The number of carbonyl (C=O) groups excluding carboxylic acids is 1. The molecule has 1 unspecified atom stereocenters. The zero-order valence-electron chi connectivity index (χ0n) is 11.7. The highest BCUT2D eigenvalue weighted by Crippen LogP contribution is 2.00. The Kier molecular flexibility index (Phi) is 9.28. The zero-order chi connectivity index (χ0) is 14.0. The SMILES string of the molecule is CCCCC(NCCC(=O)NCC(C)C)C(=O)O. The molecule has 0 fully saturated rings. The van der Waals surface area contributed by atoms with Crippen molar-refractivity contribution >= 4 is 11.9 Å². The van der Waals surface area contributed by atoms with Gasteiger partial charge in [-0.3, -0.25) is 9.59 Å². The largest absolute Gasteiger partial charge is 0.480 e. The summed E-state index contributed by atoms with van der Waals surface area (Å²) in [7, 11) is 0. The van der Waals surface area contributed by atoms with Crippen molar-refractivity contribution in [1.29, 1.82) is 0 Å². The lowest BCUT2D eigenvalue weighted by Gasteiger charge is -2.14. The van der Waals surface area contributed by atoms with Crippen molar-refractivity contribution in [1.82, 2.24) is 10.6 Å². The summed E-state index contributed by atoms with van der Waals surface area (Å²) in [5.74, 6) is -0.444. The van der Waals surface area contributed by atoms with Gasteiger partial charge in [-0.05, 0) is 12.3 Å². The fourth-order valence-electron chi connectivity index (χ4n) is 1.49. The molecule has 0 rings (SSSR count). The highest BCUT2D eigenvalue weighted by molar-refractivity contribution is 5.76. The van der Waals surface area contributed by atoms with Gasteiger partial charge in [-0.15, -0.1) is 0 Å². The van der Waals surface area contributed by atoms with Gasteiger partial charge in [0.05, 0.1) is 0 Å². The van der Waals surface area contributed by atoms with Crippen LogP contribution in [-0.2, 0) is 9.59 Å². The van der Waals surface area contributed by atoms with E-state index >= 15 is 0 Å². The third-order valence-electron chi connectivity index (χ3n) is 2.59. The number of nitrogens with one attached hydrogen (secondary N) is 2. The van der Waals surface area contributed by atoms with Crippen LogP contribution < -0.4 is 10.6 Å². The highest BCUT2D eigenvalue weighted by Gasteiger charge is 2.15. The van der Waals surface area contributed by atoms with Crippen LogP contribution in [0.2, 0.25) is 0 Å². The van der Waals surface area contributed by atoms with Gasteiger partial charge in [0.25, 0.3) is 0 Å². The summed E-state index contributed by atoms with van der Waals surface area (Å²) in [5.41, 5.74) is 0. The number of amides is 1. The van der Waals surface area contributed by atoms with Gasteiger partial charge in [0, 0.05) is 19.5 Å².